The fraction of sp³-hybridized carbons (Fsp3) is 0.556. The summed E-state index contributed by atoms with van der Waals surface area (Å²) in [4.78, 5) is 1.13. The normalized spacial score (nSPS) is 19.2. The van der Waals surface area contributed by atoms with Crippen LogP contribution in [-0.2, 0) is 16.6 Å². The first kappa shape index (κ1) is 10.6. The Labute approximate surface area is 95.1 Å². The number of thiophene rings is 1. The highest BCUT2D eigenvalue weighted by molar-refractivity contribution is 7.84. The van der Waals surface area contributed by atoms with Gasteiger partial charge < -0.3 is 5.32 Å². The Hall–Kier alpha value is 0.1000. The molecule has 2 heterocycles. The highest BCUT2D eigenvalue weighted by atomic mass is 35.5. The van der Waals surface area contributed by atoms with Crippen LogP contribution < -0.4 is 5.32 Å². The molecule has 0 amide bonds. The molecule has 1 aromatic rings. The van der Waals surface area contributed by atoms with Crippen molar-refractivity contribution in [2.45, 2.75) is 5.75 Å². The third-order valence-corrected chi connectivity index (χ3v) is 5.11. The molecule has 0 bridgehead atoms. The van der Waals surface area contributed by atoms with Crippen molar-refractivity contribution in [3.05, 3.63) is 21.3 Å². The lowest BCUT2D eigenvalue weighted by atomic mass is 10.1. The van der Waals surface area contributed by atoms with Crippen LogP contribution in [0.5, 0.6) is 0 Å². The molecular weight excluding hydrogens is 238 g/mol. The molecule has 0 radical (unpaired) electrons. The number of nitrogens with one attached hydrogen (secondary N) is 1. The second kappa shape index (κ2) is 4.75. The van der Waals surface area contributed by atoms with Gasteiger partial charge in [-0.15, -0.1) is 11.3 Å². The highest BCUT2D eigenvalue weighted by Gasteiger charge is 2.19. The minimum atomic E-state index is -0.725. The van der Waals surface area contributed by atoms with E-state index in [0.29, 0.717) is 11.7 Å². The molecule has 78 valence electrons. The molecule has 0 spiro atoms. The monoisotopic (exact) mass is 249 g/mol. The van der Waals surface area contributed by atoms with Crippen molar-refractivity contribution < 1.29 is 4.21 Å². The first-order chi connectivity index (χ1) is 6.74. The van der Waals surface area contributed by atoms with Crippen molar-refractivity contribution >= 4 is 33.7 Å². The van der Waals surface area contributed by atoms with Gasteiger partial charge in [-0.25, -0.2) is 0 Å². The Bertz CT molecular complexity index is 335. The van der Waals surface area contributed by atoms with E-state index in [1.54, 1.807) is 0 Å². The summed E-state index contributed by atoms with van der Waals surface area (Å²) in [5.74, 6) is 2.10. The molecule has 1 unspecified atom stereocenters. The minimum absolute atomic E-state index is 0.617. The quantitative estimate of drug-likeness (QED) is 0.883. The lowest BCUT2D eigenvalue weighted by Crippen LogP contribution is -2.44. The molecule has 1 atom stereocenters. The van der Waals surface area contributed by atoms with E-state index in [1.807, 2.05) is 12.1 Å². The zero-order valence-electron chi connectivity index (χ0n) is 7.66. The minimum Gasteiger partial charge on any atom is -0.316 e. The van der Waals surface area contributed by atoms with Gasteiger partial charge in [0.15, 0.2) is 0 Å². The van der Waals surface area contributed by atoms with E-state index in [0.717, 1.165) is 28.1 Å². The van der Waals surface area contributed by atoms with Gasteiger partial charge in [-0.1, -0.05) is 11.6 Å². The maximum Gasteiger partial charge on any atom is 0.0931 e. The smallest absolute Gasteiger partial charge is 0.0931 e. The molecule has 5 heteroatoms. The molecule has 0 saturated carbocycles. The van der Waals surface area contributed by atoms with E-state index in [-0.39, 0.29) is 0 Å². The van der Waals surface area contributed by atoms with Gasteiger partial charge in [0.1, 0.15) is 0 Å². The molecule has 0 aliphatic carbocycles. The standard InChI is InChI=1S/C9H12ClNOS2/c10-9-2-1-8(13-9)6-14(12)5-7-3-11-4-7/h1-2,7,11H,3-6H2. The summed E-state index contributed by atoms with van der Waals surface area (Å²) in [6, 6.07) is 3.83. The molecule has 14 heavy (non-hydrogen) atoms. The summed E-state index contributed by atoms with van der Waals surface area (Å²) in [5, 5.41) is 3.18. The number of rotatable bonds is 4. The summed E-state index contributed by atoms with van der Waals surface area (Å²) in [5.41, 5.74) is 0. The largest absolute Gasteiger partial charge is 0.316 e. The molecule has 1 fully saturated rings. The van der Waals surface area contributed by atoms with Crippen molar-refractivity contribution in [3.63, 3.8) is 0 Å². The van der Waals surface area contributed by atoms with Crippen LogP contribution in [-0.4, -0.2) is 23.1 Å². The van der Waals surface area contributed by atoms with Crippen LogP contribution in [0.4, 0.5) is 0 Å². The maximum atomic E-state index is 11.7. The predicted octanol–water partition coefficient (Wildman–Crippen LogP) is 1.87. The Kier molecular flexibility index (Phi) is 3.60. The van der Waals surface area contributed by atoms with E-state index in [4.69, 9.17) is 11.6 Å². The molecular formula is C9H12ClNOS2. The second-order valence-corrected chi connectivity index (χ2v) is 6.78. The SMILES string of the molecule is O=S(Cc1ccc(Cl)s1)CC1CNC1. The van der Waals surface area contributed by atoms with Gasteiger partial charge in [0.2, 0.25) is 0 Å². The average Bonchev–Trinajstić information content (AvgIpc) is 2.44. The maximum absolute atomic E-state index is 11.7. The zero-order chi connectivity index (χ0) is 9.97. The molecule has 1 saturated heterocycles. The zero-order valence-corrected chi connectivity index (χ0v) is 10.1. The molecule has 1 N–H and O–H groups in total. The van der Waals surface area contributed by atoms with E-state index in [2.05, 4.69) is 5.32 Å². The van der Waals surface area contributed by atoms with Gasteiger partial charge in [0.05, 0.1) is 10.1 Å². The molecule has 1 aliphatic heterocycles. The Morgan fingerprint density at radius 3 is 2.86 bits per heavy atom. The van der Waals surface area contributed by atoms with Crippen LogP contribution in [0.25, 0.3) is 0 Å². The number of halogens is 1. The highest BCUT2D eigenvalue weighted by Crippen LogP contribution is 2.23. The fourth-order valence-electron chi connectivity index (χ4n) is 1.38. The summed E-state index contributed by atoms with van der Waals surface area (Å²) in [6.07, 6.45) is 0. The summed E-state index contributed by atoms with van der Waals surface area (Å²) < 4.78 is 12.5. The average molecular weight is 250 g/mol. The third-order valence-electron chi connectivity index (χ3n) is 2.22. The van der Waals surface area contributed by atoms with Gasteiger partial charge in [0.25, 0.3) is 0 Å². The molecule has 2 rings (SSSR count). The van der Waals surface area contributed by atoms with Crippen molar-refractivity contribution in [1.29, 1.82) is 0 Å². The summed E-state index contributed by atoms with van der Waals surface area (Å²) >= 11 is 7.32. The van der Waals surface area contributed by atoms with Crippen molar-refractivity contribution in [3.8, 4) is 0 Å². The van der Waals surface area contributed by atoms with Gasteiger partial charge in [-0.3, -0.25) is 4.21 Å². The van der Waals surface area contributed by atoms with Crippen LogP contribution in [0.15, 0.2) is 12.1 Å². The molecule has 1 aliphatic rings. The Balaban J connectivity index is 1.81. The van der Waals surface area contributed by atoms with E-state index < -0.39 is 10.8 Å². The predicted molar refractivity (Wildman–Crippen MR) is 62.4 cm³/mol. The van der Waals surface area contributed by atoms with Crippen molar-refractivity contribution in [1.82, 2.24) is 5.32 Å². The van der Waals surface area contributed by atoms with E-state index in [9.17, 15) is 4.21 Å². The number of hydrogen-bond donors (Lipinski definition) is 1. The fourth-order valence-corrected chi connectivity index (χ4v) is 4.18. The third kappa shape index (κ3) is 2.79. The van der Waals surface area contributed by atoms with Crippen LogP contribution in [0.1, 0.15) is 4.88 Å². The first-order valence-corrected chi connectivity index (χ1v) is 7.22. The number of hydrogen-bond acceptors (Lipinski definition) is 3. The topological polar surface area (TPSA) is 29.1 Å². The molecule has 0 aromatic carbocycles. The Morgan fingerprint density at radius 2 is 2.36 bits per heavy atom. The Morgan fingerprint density at radius 1 is 1.57 bits per heavy atom. The lowest BCUT2D eigenvalue weighted by molar-refractivity contribution is 0.382. The summed E-state index contributed by atoms with van der Waals surface area (Å²) in [7, 11) is -0.725. The summed E-state index contributed by atoms with van der Waals surface area (Å²) in [6.45, 7) is 2.05. The van der Waals surface area contributed by atoms with Crippen LogP contribution >= 0.6 is 22.9 Å². The lowest BCUT2D eigenvalue weighted by Gasteiger charge is -2.26. The molecule has 2 nitrogen and oxygen atoms in total. The van der Waals surface area contributed by atoms with Gasteiger partial charge in [-0.05, 0) is 18.1 Å². The van der Waals surface area contributed by atoms with Crippen molar-refractivity contribution in [2.24, 2.45) is 5.92 Å². The van der Waals surface area contributed by atoms with Gasteiger partial charge >= 0.3 is 0 Å². The van der Waals surface area contributed by atoms with Crippen molar-refractivity contribution in [2.75, 3.05) is 18.8 Å². The molecule has 1 aromatic heterocycles. The van der Waals surface area contributed by atoms with Gasteiger partial charge in [0, 0.05) is 34.5 Å². The first-order valence-electron chi connectivity index (χ1n) is 4.54. The van der Waals surface area contributed by atoms with E-state index >= 15 is 0 Å². The van der Waals surface area contributed by atoms with Crippen LogP contribution in [0, 0.1) is 5.92 Å². The van der Waals surface area contributed by atoms with Crippen LogP contribution in [0.3, 0.4) is 0 Å². The van der Waals surface area contributed by atoms with E-state index in [1.165, 1.54) is 11.3 Å². The van der Waals surface area contributed by atoms with Gasteiger partial charge in [-0.2, -0.15) is 0 Å². The van der Waals surface area contributed by atoms with Crippen LogP contribution in [0.2, 0.25) is 4.34 Å². The second-order valence-electron chi connectivity index (χ2n) is 3.48.